The SMILES string of the molecule is COc1cccc(-c2nc(-c3ccc4c(c3)[C@@H](C)C(=O)N4)cs2)c1. The number of nitrogens with one attached hydrogen (secondary N) is 1. The van der Waals surface area contributed by atoms with Crippen LogP contribution in [-0.2, 0) is 4.79 Å². The van der Waals surface area contributed by atoms with E-state index in [-0.39, 0.29) is 11.8 Å². The number of hydrogen-bond donors (Lipinski definition) is 1. The monoisotopic (exact) mass is 336 g/mol. The largest absolute Gasteiger partial charge is 0.497 e. The lowest BCUT2D eigenvalue weighted by atomic mass is 9.99. The second kappa shape index (κ2) is 5.76. The summed E-state index contributed by atoms with van der Waals surface area (Å²) in [6.07, 6.45) is 0. The minimum absolute atomic E-state index is 0.0532. The molecule has 1 aliphatic heterocycles. The zero-order valence-electron chi connectivity index (χ0n) is 13.4. The fraction of sp³-hybridized carbons (Fsp3) is 0.158. The van der Waals surface area contributed by atoms with Crippen LogP contribution in [0.4, 0.5) is 5.69 Å². The number of nitrogens with zero attached hydrogens (tertiary/aromatic N) is 1. The van der Waals surface area contributed by atoms with Gasteiger partial charge in [0.25, 0.3) is 0 Å². The summed E-state index contributed by atoms with van der Waals surface area (Å²) < 4.78 is 5.28. The van der Waals surface area contributed by atoms with Gasteiger partial charge in [-0.05, 0) is 36.8 Å². The van der Waals surface area contributed by atoms with Gasteiger partial charge in [0.05, 0.1) is 18.7 Å². The fourth-order valence-electron chi connectivity index (χ4n) is 2.87. The smallest absolute Gasteiger partial charge is 0.231 e. The summed E-state index contributed by atoms with van der Waals surface area (Å²) in [6, 6.07) is 13.9. The van der Waals surface area contributed by atoms with E-state index in [1.165, 1.54) is 0 Å². The van der Waals surface area contributed by atoms with Gasteiger partial charge in [-0.25, -0.2) is 4.98 Å². The van der Waals surface area contributed by atoms with Crippen molar-refractivity contribution in [1.82, 2.24) is 4.98 Å². The number of aromatic nitrogens is 1. The van der Waals surface area contributed by atoms with Crippen molar-refractivity contribution in [3.63, 3.8) is 0 Å². The van der Waals surface area contributed by atoms with Crippen molar-refractivity contribution in [3.05, 3.63) is 53.4 Å². The lowest BCUT2D eigenvalue weighted by Crippen LogP contribution is -2.08. The number of methoxy groups -OCH3 is 1. The van der Waals surface area contributed by atoms with Crippen LogP contribution < -0.4 is 10.1 Å². The van der Waals surface area contributed by atoms with E-state index in [9.17, 15) is 4.79 Å². The van der Waals surface area contributed by atoms with Gasteiger partial charge in [-0.2, -0.15) is 0 Å². The molecule has 2 aromatic carbocycles. The number of rotatable bonds is 3. The number of thiazole rings is 1. The number of fused-ring (bicyclic) bond motifs is 1. The fourth-order valence-corrected chi connectivity index (χ4v) is 3.70. The van der Waals surface area contributed by atoms with Crippen molar-refractivity contribution in [2.45, 2.75) is 12.8 Å². The van der Waals surface area contributed by atoms with Gasteiger partial charge in [-0.15, -0.1) is 11.3 Å². The molecule has 0 radical (unpaired) electrons. The Morgan fingerprint density at radius 3 is 2.88 bits per heavy atom. The standard InChI is InChI=1S/C19H16N2O2S/c1-11-15-9-12(6-7-16(15)20-18(11)22)17-10-24-19(21-17)13-4-3-5-14(8-13)23-2/h3-11H,1-2H3,(H,20,22)/t11-/m1/s1. The average molecular weight is 336 g/mol. The van der Waals surface area contributed by atoms with Crippen molar-refractivity contribution in [3.8, 4) is 27.6 Å². The molecular formula is C19H16N2O2S. The van der Waals surface area contributed by atoms with Gasteiger partial charge in [0.1, 0.15) is 10.8 Å². The predicted octanol–water partition coefficient (Wildman–Crippen LogP) is 4.54. The molecule has 3 aromatic rings. The molecule has 1 amide bonds. The molecule has 0 saturated heterocycles. The Labute approximate surface area is 144 Å². The second-order valence-electron chi connectivity index (χ2n) is 5.78. The van der Waals surface area contributed by atoms with Crippen LogP contribution in [0, 0.1) is 0 Å². The van der Waals surface area contributed by atoms with Gasteiger partial charge in [0, 0.05) is 22.2 Å². The molecule has 1 N–H and O–H groups in total. The van der Waals surface area contributed by atoms with E-state index in [1.54, 1.807) is 18.4 Å². The van der Waals surface area contributed by atoms with Gasteiger partial charge in [0.2, 0.25) is 5.91 Å². The van der Waals surface area contributed by atoms with Crippen LogP contribution in [0.2, 0.25) is 0 Å². The molecule has 120 valence electrons. The van der Waals surface area contributed by atoms with Crippen LogP contribution in [0.15, 0.2) is 47.8 Å². The highest BCUT2D eigenvalue weighted by molar-refractivity contribution is 7.13. The summed E-state index contributed by atoms with van der Waals surface area (Å²) in [5.74, 6) is 0.758. The molecule has 1 aliphatic rings. The first-order chi connectivity index (χ1) is 11.7. The highest BCUT2D eigenvalue weighted by Gasteiger charge is 2.26. The number of ether oxygens (including phenoxy) is 1. The van der Waals surface area contributed by atoms with Gasteiger partial charge >= 0.3 is 0 Å². The summed E-state index contributed by atoms with van der Waals surface area (Å²) in [6.45, 7) is 1.92. The second-order valence-corrected chi connectivity index (χ2v) is 6.64. The van der Waals surface area contributed by atoms with E-state index in [4.69, 9.17) is 9.72 Å². The molecule has 0 fully saturated rings. The van der Waals surface area contributed by atoms with Crippen LogP contribution in [0.1, 0.15) is 18.4 Å². The van der Waals surface area contributed by atoms with Crippen LogP contribution in [0.3, 0.4) is 0 Å². The summed E-state index contributed by atoms with van der Waals surface area (Å²) in [7, 11) is 1.66. The molecule has 0 unspecified atom stereocenters. The van der Waals surface area contributed by atoms with Crippen molar-refractivity contribution >= 4 is 22.9 Å². The molecule has 2 heterocycles. The molecule has 1 aromatic heterocycles. The summed E-state index contributed by atoms with van der Waals surface area (Å²) in [5.41, 5.74) is 4.93. The minimum Gasteiger partial charge on any atom is -0.497 e. The number of carbonyl (C=O) groups is 1. The Bertz CT molecular complexity index is 933. The van der Waals surface area contributed by atoms with Gasteiger partial charge in [-0.1, -0.05) is 18.2 Å². The Morgan fingerprint density at radius 2 is 2.04 bits per heavy atom. The highest BCUT2D eigenvalue weighted by Crippen LogP contribution is 2.37. The molecular weight excluding hydrogens is 320 g/mol. The maximum atomic E-state index is 11.8. The molecule has 0 spiro atoms. The Kier molecular flexibility index (Phi) is 3.58. The third-order valence-electron chi connectivity index (χ3n) is 4.29. The van der Waals surface area contributed by atoms with E-state index in [2.05, 4.69) is 11.4 Å². The first-order valence-corrected chi connectivity index (χ1v) is 8.59. The summed E-state index contributed by atoms with van der Waals surface area (Å²) >= 11 is 1.60. The Balaban J connectivity index is 1.70. The van der Waals surface area contributed by atoms with E-state index in [1.807, 2.05) is 48.7 Å². The molecule has 0 bridgehead atoms. The third kappa shape index (κ3) is 2.47. The zero-order chi connectivity index (χ0) is 16.7. The topological polar surface area (TPSA) is 51.2 Å². The quantitative estimate of drug-likeness (QED) is 0.764. The number of hydrogen-bond acceptors (Lipinski definition) is 4. The number of carbonyl (C=O) groups excluding carboxylic acids is 1. The van der Waals surface area contributed by atoms with E-state index in [0.29, 0.717) is 0 Å². The van der Waals surface area contributed by atoms with E-state index in [0.717, 1.165) is 38.8 Å². The number of benzene rings is 2. The highest BCUT2D eigenvalue weighted by atomic mass is 32.1. The summed E-state index contributed by atoms with van der Waals surface area (Å²) in [5, 5.41) is 5.90. The number of anilines is 1. The maximum Gasteiger partial charge on any atom is 0.231 e. The lowest BCUT2D eigenvalue weighted by molar-refractivity contribution is -0.116. The van der Waals surface area contributed by atoms with Crippen molar-refractivity contribution in [1.29, 1.82) is 0 Å². The third-order valence-corrected chi connectivity index (χ3v) is 5.18. The van der Waals surface area contributed by atoms with E-state index >= 15 is 0 Å². The first-order valence-electron chi connectivity index (χ1n) is 7.71. The van der Waals surface area contributed by atoms with Crippen molar-refractivity contribution in [2.75, 3.05) is 12.4 Å². The number of amides is 1. The molecule has 4 nitrogen and oxygen atoms in total. The molecule has 24 heavy (non-hydrogen) atoms. The average Bonchev–Trinajstić information content (AvgIpc) is 3.21. The van der Waals surface area contributed by atoms with Crippen LogP contribution in [-0.4, -0.2) is 18.0 Å². The maximum absolute atomic E-state index is 11.8. The predicted molar refractivity (Wildman–Crippen MR) is 96.6 cm³/mol. The minimum atomic E-state index is -0.114. The molecule has 1 atom stereocenters. The van der Waals surface area contributed by atoms with Gasteiger partial charge in [-0.3, -0.25) is 4.79 Å². The molecule has 0 aliphatic carbocycles. The lowest BCUT2D eigenvalue weighted by Gasteiger charge is -2.04. The van der Waals surface area contributed by atoms with Crippen molar-refractivity contribution < 1.29 is 9.53 Å². The molecule has 4 rings (SSSR count). The van der Waals surface area contributed by atoms with Gasteiger partial charge in [0.15, 0.2) is 0 Å². The van der Waals surface area contributed by atoms with Crippen LogP contribution >= 0.6 is 11.3 Å². The first kappa shape index (κ1) is 14.9. The van der Waals surface area contributed by atoms with E-state index < -0.39 is 0 Å². The normalized spacial score (nSPS) is 15.9. The zero-order valence-corrected chi connectivity index (χ0v) is 14.2. The van der Waals surface area contributed by atoms with Crippen molar-refractivity contribution in [2.24, 2.45) is 0 Å². The molecule has 0 saturated carbocycles. The Hall–Kier alpha value is -2.66. The van der Waals surface area contributed by atoms with Gasteiger partial charge < -0.3 is 10.1 Å². The van der Waals surface area contributed by atoms with Crippen LogP contribution in [0.25, 0.3) is 21.8 Å². The molecule has 5 heteroatoms. The Morgan fingerprint density at radius 1 is 1.17 bits per heavy atom. The van der Waals surface area contributed by atoms with Crippen LogP contribution in [0.5, 0.6) is 5.75 Å². The summed E-state index contributed by atoms with van der Waals surface area (Å²) in [4.78, 5) is 16.5.